The molecule has 0 aromatic heterocycles. The van der Waals surface area contributed by atoms with Crippen molar-refractivity contribution in [1.29, 1.82) is 0 Å². The molecular weight excluding hydrogens is 423 g/mol. The van der Waals surface area contributed by atoms with Crippen molar-refractivity contribution in [3.8, 4) is 0 Å². The molecule has 5 nitrogen and oxygen atoms in total. The Labute approximate surface area is 160 Å². The van der Waals surface area contributed by atoms with E-state index in [4.69, 9.17) is 0 Å². The molecule has 0 fully saturated rings. The molecule has 2 N–H and O–H groups in total. The number of thioether (sulfide) groups is 1. The van der Waals surface area contributed by atoms with E-state index >= 15 is 0 Å². The van der Waals surface area contributed by atoms with Crippen molar-refractivity contribution in [2.75, 3.05) is 33.9 Å². The Kier molecular flexibility index (Phi) is 11.1. The number of carbonyl (C=O) groups is 1. The molecule has 0 unspecified atom stereocenters. The first kappa shape index (κ1) is 22.0. The molecule has 7 heteroatoms. The second-order valence-electron chi connectivity index (χ2n) is 5.21. The average Bonchev–Trinajstić information content (AvgIpc) is 2.51. The van der Waals surface area contributed by atoms with E-state index in [9.17, 15) is 4.79 Å². The van der Waals surface area contributed by atoms with Crippen LogP contribution >= 0.6 is 35.7 Å². The molecule has 0 aliphatic carbocycles. The Balaban J connectivity index is 0.00000484. The number of nitrogens with one attached hydrogen (secondary N) is 2. The lowest BCUT2D eigenvalue weighted by Gasteiger charge is -2.15. The van der Waals surface area contributed by atoms with E-state index in [1.54, 1.807) is 37.8 Å². The Hall–Kier alpha value is -0.960. The number of guanidine groups is 1. The highest BCUT2D eigenvalue weighted by Gasteiger charge is 2.06. The van der Waals surface area contributed by atoms with E-state index in [-0.39, 0.29) is 29.9 Å². The van der Waals surface area contributed by atoms with Crippen molar-refractivity contribution in [3.05, 3.63) is 29.3 Å². The van der Waals surface area contributed by atoms with E-state index in [2.05, 4.69) is 47.0 Å². The van der Waals surface area contributed by atoms with Gasteiger partial charge in [-0.25, -0.2) is 0 Å². The number of amides is 1. The zero-order chi connectivity index (χ0) is 16.5. The van der Waals surface area contributed by atoms with Crippen molar-refractivity contribution in [3.63, 3.8) is 0 Å². The highest BCUT2D eigenvalue weighted by molar-refractivity contribution is 14.0. The number of benzene rings is 1. The minimum absolute atomic E-state index is 0. The SMILES string of the molecule is CN=C(NCCC(=O)N(C)C)NCc1ccc(C)cc1SC.I. The molecule has 0 spiro atoms. The van der Waals surface area contributed by atoms with Gasteiger partial charge in [-0.2, -0.15) is 0 Å². The molecule has 0 atom stereocenters. The molecule has 0 bridgehead atoms. The van der Waals surface area contributed by atoms with Gasteiger partial charge in [0.2, 0.25) is 5.91 Å². The van der Waals surface area contributed by atoms with Crippen molar-refractivity contribution in [1.82, 2.24) is 15.5 Å². The zero-order valence-corrected chi connectivity index (χ0v) is 17.6. The average molecular weight is 450 g/mol. The number of nitrogens with zero attached hydrogens (tertiary/aromatic N) is 2. The van der Waals surface area contributed by atoms with Crippen LogP contribution in [0.2, 0.25) is 0 Å². The maximum Gasteiger partial charge on any atom is 0.223 e. The zero-order valence-electron chi connectivity index (χ0n) is 14.5. The standard InChI is InChI=1S/C16H26N4OS.HI/c1-12-6-7-13(14(10-12)22-5)11-19-16(17-2)18-9-8-15(21)20(3)4;/h6-7,10H,8-9,11H2,1-5H3,(H2,17,18,19);1H. The van der Waals surface area contributed by atoms with Crippen LogP contribution in [0.1, 0.15) is 17.5 Å². The van der Waals surface area contributed by atoms with Crippen molar-refractivity contribution in [2.45, 2.75) is 24.8 Å². The van der Waals surface area contributed by atoms with Gasteiger partial charge < -0.3 is 15.5 Å². The number of aryl methyl sites for hydroxylation is 1. The van der Waals surface area contributed by atoms with E-state index in [1.807, 2.05) is 0 Å². The Morgan fingerprint density at radius 1 is 1.30 bits per heavy atom. The first-order chi connectivity index (χ1) is 10.5. The van der Waals surface area contributed by atoms with Crippen molar-refractivity contribution < 1.29 is 4.79 Å². The van der Waals surface area contributed by atoms with Crippen LogP contribution in [0.4, 0.5) is 0 Å². The summed E-state index contributed by atoms with van der Waals surface area (Å²) in [5, 5.41) is 6.44. The fourth-order valence-electron chi connectivity index (χ4n) is 1.91. The summed E-state index contributed by atoms with van der Waals surface area (Å²) in [6.45, 7) is 3.37. The van der Waals surface area contributed by atoms with Gasteiger partial charge in [0, 0.05) is 45.5 Å². The topological polar surface area (TPSA) is 56.7 Å². The summed E-state index contributed by atoms with van der Waals surface area (Å²) in [6, 6.07) is 6.44. The third-order valence-electron chi connectivity index (χ3n) is 3.24. The van der Waals surface area contributed by atoms with E-state index in [1.165, 1.54) is 16.0 Å². The van der Waals surface area contributed by atoms with Crippen molar-refractivity contribution in [2.24, 2.45) is 4.99 Å². The van der Waals surface area contributed by atoms with Gasteiger partial charge in [-0.05, 0) is 30.4 Å². The molecule has 0 radical (unpaired) electrons. The summed E-state index contributed by atoms with van der Waals surface area (Å²) >= 11 is 1.74. The Morgan fingerprint density at radius 3 is 2.57 bits per heavy atom. The highest BCUT2D eigenvalue weighted by Crippen LogP contribution is 2.21. The monoisotopic (exact) mass is 450 g/mol. The predicted octanol–water partition coefficient (Wildman–Crippen LogP) is 2.48. The lowest BCUT2D eigenvalue weighted by atomic mass is 10.1. The molecule has 1 aromatic carbocycles. The third kappa shape index (κ3) is 7.92. The first-order valence-electron chi connectivity index (χ1n) is 7.26. The molecule has 0 aliphatic heterocycles. The normalized spacial score (nSPS) is 10.7. The second-order valence-corrected chi connectivity index (χ2v) is 6.05. The van der Waals surface area contributed by atoms with Crippen LogP contribution in [0.15, 0.2) is 28.1 Å². The molecule has 23 heavy (non-hydrogen) atoms. The maximum atomic E-state index is 11.5. The van der Waals surface area contributed by atoms with Gasteiger partial charge in [0.25, 0.3) is 0 Å². The Morgan fingerprint density at radius 2 is 2.00 bits per heavy atom. The summed E-state index contributed by atoms with van der Waals surface area (Å²) < 4.78 is 0. The van der Waals surface area contributed by atoms with Crippen LogP contribution in [-0.4, -0.2) is 50.7 Å². The number of carbonyl (C=O) groups excluding carboxylic acids is 1. The molecule has 130 valence electrons. The smallest absolute Gasteiger partial charge is 0.223 e. The lowest BCUT2D eigenvalue weighted by Crippen LogP contribution is -2.38. The molecule has 0 aliphatic rings. The van der Waals surface area contributed by atoms with Crippen LogP contribution < -0.4 is 10.6 Å². The van der Waals surface area contributed by atoms with E-state index in [0.29, 0.717) is 25.5 Å². The van der Waals surface area contributed by atoms with Crippen LogP contribution in [0.3, 0.4) is 0 Å². The van der Waals surface area contributed by atoms with Gasteiger partial charge in [-0.3, -0.25) is 9.79 Å². The van der Waals surface area contributed by atoms with E-state index in [0.717, 1.165) is 0 Å². The van der Waals surface area contributed by atoms with Crippen LogP contribution in [-0.2, 0) is 11.3 Å². The first-order valence-corrected chi connectivity index (χ1v) is 8.48. The fourth-order valence-corrected chi connectivity index (χ4v) is 2.61. The van der Waals surface area contributed by atoms with Gasteiger partial charge in [-0.15, -0.1) is 35.7 Å². The summed E-state index contributed by atoms with van der Waals surface area (Å²) in [5.41, 5.74) is 2.50. The number of hydrogen-bond acceptors (Lipinski definition) is 3. The number of hydrogen-bond donors (Lipinski definition) is 2. The van der Waals surface area contributed by atoms with Crippen molar-refractivity contribution >= 4 is 47.6 Å². The van der Waals surface area contributed by atoms with Gasteiger partial charge in [0.05, 0.1) is 0 Å². The summed E-state index contributed by atoms with van der Waals surface area (Å²) in [4.78, 5) is 18.6. The quantitative estimate of drug-likeness (QED) is 0.303. The minimum Gasteiger partial charge on any atom is -0.356 e. The molecule has 0 saturated carbocycles. The minimum atomic E-state index is 0. The van der Waals surface area contributed by atoms with Crippen LogP contribution in [0.25, 0.3) is 0 Å². The van der Waals surface area contributed by atoms with Gasteiger partial charge in [-0.1, -0.05) is 12.1 Å². The maximum absolute atomic E-state index is 11.5. The number of rotatable bonds is 6. The summed E-state index contributed by atoms with van der Waals surface area (Å²) in [6.07, 6.45) is 2.53. The summed E-state index contributed by atoms with van der Waals surface area (Å²) in [5.74, 6) is 0.811. The Bertz CT molecular complexity index is 535. The summed E-state index contributed by atoms with van der Waals surface area (Å²) in [7, 11) is 5.25. The third-order valence-corrected chi connectivity index (χ3v) is 4.06. The number of halogens is 1. The predicted molar refractivity (Wildman–Crippen MR) is 110 cm³/mol. The molecule has 0 heterocycles. The molecular formula is C16H27IN4OS. The van der Waals surface area contributed by atoms with Gasteiger partial charge in [0.15, 0.2) is 5.96 Å². The second kappa shape index (κ2) is 11.6. The van der Waals surface area contributed by atoms with Crippen LogP contribution in [0, 0.1) is 6.92 Å². The van der Waals surface area contributed by atoms with Gasteiger partial charge in [0.1, 0.15) is 0 Å². The van der Waals surface area contributed by atoms with Crippen LogP contribution in [0.5, 0.6) is 0 Å². The lowest BCUT2D eigenvalue weighted by molar-refractivity contribution is -0.128. The highest BCUT2D eigenvalue weighted by atomic mass is 127. The molecule has 0 saturated heterocycles. The van der Waals surface area contributed by atoms with E-state index < -0.39 is 0 Å². The molecule has 1 rings (SSSR count). The largest absolute Gasteiger partial charge is 0.356 e. The number of aliphatic imine (C=N–C) groups is 1. The molecule has 1 amide bonds. The van der Waals surface area contributed by atoms with Gasteiger partial charge >= 0.3 is 0 Å². The molecule has 1 aromatic rings. The fraction of sp³-hybridized carbons (Fsp3) is 0.500.